The van der Waals surface area contributed by atoms with Gasteiger partial charge in [-0.2, -0.15) is 0 Å². The molecule has 0 aliphatic heterocycles. The van der Waals surface area contributed by atoms with Gasteiger partial charge in [0.2, 0.25) is 0 Å². The molecule has 5 rings (SSSR count). The molecule has 0 atom stereocenters. The van der Waals surface area contributed by atoms with E-state index in [1.165, 1.54) is 15.2 Å². The lowest BCUT2D eigenvalue weighted by atomic mass is 10.2. The maximum Gasteiger partial charge on any atom is 0.328 e. The van der Waals surface area contributed by atoms with E-state index < -0.39 is 10.0 Å². The first-order valence-electron chi connectivity index (χ1n) is 11.9. The number of aromatic nitrogens is 2. The second-order valence-electron chi connectivity index (χ2n) is 9.01. The quantitative estimate of drug-likeness (QED) is 0.292. The van der Waals surface area contributed by atoms with Crippen molar-refractivity contribution in [1.82, 2.24) is 9.13 Å². The molecule has 1 heterocycles. The highest BCUT2D eigenvalue weighted by Crippen LogP contribution is 2.36. The molecule has 0 unspecified atom stereocenters. The van der Waals surface area contributed by atoms with Crippen molar-refractivity contribution < 1.29 is 17.9 Å². The minimum absolute atomic E-state index is 0.127. The number of nitrogens with one attached hydrogen (secondary N) is 1. The van der Waals surface area contributed by atoms with Crippen LogP contribution in [0.1, 0.15) is 11.1 Å². The smallest absolute Gasteiger partial charge is 0.328 e. The molecule has 9 heteroatoms. The molecule has 4 aromatic carbocycles. The molecular weight excluding hydrogens is 502 g/mol. The summed E-state index contributed by atoms with van der Waals surface area (Å²) in [5.41, 5.74) is 2.98. The van der Waals surface area contributed by atoms with Crippen LogP contribution in [-0.2, 0) is 30.7 Å². The third-order valence-electron chi connectivity index (χ3n) is 6.20. The first kappa shape index (κ1) is 25.2. The molecule has 1 N–H and O–H groups in total. The maximum atomic E-state index is 13.3. The Kier molecular flexibility index (Phi) is 6.69. The summed E-state index contributed by atoms with van der Waals surface area (Å²) in [6.45, 7) is 2.22. The first-order valence-corrected chi connectivity index (χ1v) is 13.4. The maximum absolute atomic E-state index is 13.3. The van der Waals surface area contributed by atoms with Crippen molar-refractivity contribution in [1.29, 1.82) is 0 Å². The number of hydrogen-bond acceptors (Lipinski definition) is 5. The molecule has 0 amide bonds. The van der Waals surface area contributed by atoms with E-state index in [1.54, 1.807) is 56.6 Å². The van der Waals surface area contributed by atoms with Crippen molar-refractivity contribution in [2.75, 3.05) is 4.72 Å². The van der Waals surface area contributed by atoms with Crippen LogP contribution >= 0.6 is 0 Å². The summed E-state index contributed by atoms with van der Waals surface area (Å²) in [4.78, 5) is 12.7. The average molecular weight is 530 g/mol. The molecule has 194 valence electrons. The van der Waals surface area contributed by atoms with Gasteiger partial charge in [0.1, 0.15) is 18.1 Å². The number of fused-ring (bicyclic) bond motifs is 1. The minimum atomic E-state index is -3.93. The Morgan fingerprint density at radius 2 is 1.47 bits per heavy atom. The van der Waals surface area contributed by atoms with Crippen LogP contribution in [0.15, 0.2) is 101 Å². The Labute approximate surface area is 220 Å². The SMILES string of the molecule is Cc1cccc(S(=O)(=O)Nc2cc3c(cc2Oc2cccc(OCc4ccccc4)c2)n(C)c(=O)n3C)c1. The predicted octanol–water partition coefficient (Wildman–Crippen LogP) is 5.36. The number of rotatable bonds is 8. The second-order valence-corrected chi connectivity index (χ2v) is 10.7. The standard InChI is InChI=1S/C29H27N3O5S/c1-20-9-7-14-24(15-20)38(34,35)30-25-17-26-27(32(3)29(33)31(26)2)18-28(25)37-23-13-8-12-22(16-23)36-19-21-10-5-4-6-11-21/h4-18,30H,19H2,1-3H3. The molecule has 5 aromatic rings. The summed E-state index contributed by atoms with van der Waals surface area (Å²) in [5, 5.41) is 0. The van der Waals surface area contributed by atoms with Gasteiger partial charge >= 0.3 is 5.69 Å². The van der Waals surface area contributed by atoms with Gasteiger partial charge in [0, 0.05) is 26.2 Å². The largest absolute Gasteiger partial charge is 0.489 e. The van der Waals surface area contributed by atoms with Crippen LogP contribution in [0.4, 0.5) is 5.69 Å². The number of imidazole rings is 1. The Bertz CT molecular complexity index is 1790. The van der Waals surface area contributed by atoms with E-state index in [0.717, 1.165) is 11.1 Å². The van der Waals surface area contributed by atoms with E-state index in [1.807, 2.05) is 49.4 Å². The van der Waals surface area contributed by atoms with E-state index in [9.17, 15) is 13.2 Å². The number of ether oxygens (including phenoxy) is 2. The molecule has 0 spiro atoms. The van der Waals surface area contributed by atoms with Crippen LogP contribution in [0.5, 0.6) is 17.2 Å². The summed E-state index contributed by atoms with van der Waals surface area (Å²) in [6, 6.07) is 26.8. The average Bonchev–Trinajstić information content (AvgIpc) is 3.11. The number of benzene rings is 4. The van der Waals surface area contributed by atoms with Crippen molar-refractivity contribution in [2.24, 2.45) is 14.1 Å². The fourth-order valence-electron chi connectivity index (χ4n) is 4.17. The van der Waals surface area contributed by atoms with Gasteiger partial charge in [-0.25, -0.2) is 13.2 Å². The van der Waals surface area contributed by atoms with E-state index in [0.29, 0.717) is 29.1 Å². The Morgan fingerprint density at radius 1 is 0.789 bits per heavy atom. The molecule has 38 heavy (non-hydrogen) atoms. The van der Waals surface area contributed by atoms with Gasteiger partial charge < -0.3 is 9.47 Å². The van der Waals surface area contributed by atoms with E-state index in [2.05, 4.69) is 4.72 Å². The Hall–Kier alpha value is -4.50. The number of aryl methyl sites for hydroxylation is 3. The molecule has 1 aromatic heterocycles. The van der Waals surface area contributed by atoms with Gasteiger partial charge in [-0.05, 0) is 48.4 Å². The summed E-state index contributed by atoms with van der Waals surface area (Å²) in [7, 11) is -0.639. The predicted molar refractivity (Wildman–Crippen MR) is 147 cm³/mol. The fourth-order valence-corrected chi connectivity index (χ4v) is 5.34. The lowest BCUT2D eigenvalue weighted by Gasteiger charge is -2.15. The van der Waals surface area contributed by atoms with E-state index in [4.69, 9.17) is 9.47 Å². The van der Waals surface area contributed by atoms with Crippen LogP contribution in [0.3, 0.4) is 0 Å². The summed E-state index contributed by atoms with van der Waals surface area (Å²) < 4.78 is 44.2. The summed E-state index contributed by atoms with van der Waals surface area (Å²) >= 11 is 0. The van der Waals surface area contributed by atoms with Gasteiger partial charge in [0.05, 0.1) is 21.6 Å². The van der Waals surface area contributed by atoms with Crippen molar-refractivity contribution in [3.05, 3.63) is 113 Å². The molecule has 0 aliphatic rings. The fraction of sp³-hybridized carbons (Fsp3) is 0.138. The van der Waals surface area contributed by atoms with Crippen LogP contribution in [0.2, 0.25) is 0 Å². The number of hydrogen-bond donors (Lipinski definition) is 1. The van der Waals surface area contributed by atoms with Gasteiger partial charge in [-0.1, -0.05) is 48.5 Å². The topological polar surface area (TPSA) is 91.6 Å². The van der Waals surface area contributed by atoms with Gasteiger partial charge in [-0.3, -0.25) is 13.9 Å². The molecule has 8 nitrogen and oxygen atoms in total. The van der Waals surface area contributed by atoms with Crippen LogP contribution in [-0.4, -0.2) is 17.6 Å². The molecular formula is C29H27N3O5S. The molecule has 0 aliphatic carbocycles. The Morgan fingerprint density at radius 3 is 2.21 bits per heavy atom. The minimum Gasteiger partial charge on any atom is -0.489 e. The Balaban J connectivity index is 1.51. The number of sulfonamides is 1. The highest BCUT2D eigenvalue weighted by Gasteiger charge is 2.20. The van der Waals surface area contributed by atoms with Crippen molar-refractivity contribution in [3.63, 3.8) is 0 Å². The van der Waals surface area contributed by atoms with Crippen LogP contribution in [0.25, 0.3) is 11.0 Å². The zero-order valence-corrected chi connectivity index (χ0v) is 22.0. The highest BCUT2D eigenvalue weighted by molar-refractivity contribution is 7.92. The number of nitrogens with zero attached hydrogens (tertiary/aromatic N) is 2. The third-order valence-corrected chi connectivity index (χ3v) is 7.56. The van der Waals surface area contributed by atoms with Gasteiger partial charge in [0.15, 0.2) is 5.75 Å². The lowest BCUT2D eigenvalue weighted by molar-refractivity contribution is 0.304. The van der Waals surface area contributed by atoms with Crippen molar-refractivity contribution in [3.8, 4) is 17.2 Å². The van der Waals surface area contributed by atoms with Crippen molar-refractivity contribution in [2.45, 2.75) is 18.4 Å². The molecule has 0 fully saturated rings. The summed E-state index contributed by atoms with van der Waals surface area (Å²) in [5.74, 6) is 1.29. The third kappa shape index (κ3) is 5.14. The molecule has 0 saturated carbocycles. The lowest BCUT2D eigenvalue weighted by Crippen LogP contribution is -2.19. The molecule has 0 radical (unpaired) electrons. The molecule has 0 saturated heterocycles. The molecule has 0 bridgehead atoms. The van der Waals surface area contributed by atoms with Gasteiger partial charge in [-0.15, -0.1) is 0 Å². The monoisotopic (exact) mass is 529 g/mol. The van der Waals surface area contributed by atoms with Gasteiger partial charge in [0.25, 0.3) is 10.0 Å². The number of anilines is 1. The normalized spacial score (nSPS) is 11.4. The zero-order chi connectivity index (χ0) is 26.9. The van der Waals surface area contributed by atoms with E-state index >= 15 is 0 Å². The van der Waals surface area contributed by atoms with Crippen molar-refractivity contribution >= 4 is 26.7 Å². The zero-order valence-electron chi connectivity index (χ0n) is 21.2. The first-order chi connectivity index (χ1) is 18.2. The summed E-state index contributed by atoms with van der Waals surface area (Å²) in [6.07, 6.45) is 0. The highest BCUT2D eigenvalue weighted by atomic mass is 32.2. The van der Waals surface area contributed by atoms with Crippen LogP contribution < -0.4 is 19.9 Å². The van der Waals surface area contributed by atoms with Crippen LogP contribution in [0, 0.1) is 6.92 Å². The van der Waals surface area contributed by atoms with E-state index in [-0.39, 0.29) is 22.0 Å². The second kappa shape index (κ2) is 10.1.